The van der Waals surface area contributed by atoms with Crippen LogP contribution in [-0.2, 0) is 11.3 Å². The van der Waals surface area contributed by atoms with Crippen LogP contribution in [0.1, 0.15) is 16.8 Å². The SMILES string of the molecule is COc1ccc(NC(=O)[C@H](C)N(C)Cc2cnc(C)s2)c([N+](=O)[O-])c1. The first-order valence-corrected chi connectivity index (χ1v) is 8.38. The summed E-state index contributed by atoms with van der Waals surface area (Å²) in [5, 5.41) is 14.8. The van der Waals surface area contributed by atoms with Crippen LogP contribution in [0.25, 0.3) is 0 Å². The first kappa shape index (κ1) is 18.8. The molecule has 8 nitrogen and oxygen atoms in total. The van der Waals surface area contributed by atoms with Crippen molar-refractivity contribution in [2.75, 3.05) is 19.5 Å². The molecule has 0 fully saturated rings. The summed E-state index contributed by atoms with van der Waals surface area (Å²) in [7, 11) is 3.25. The maximum Gasteiger partial charge on any atom is 0.296 e. The number of benzene rings is 1. The fourth-order valence-corrected chi connectivity index (χ4v) is 3.05. The zero-order valence-corrected chi connectivity index (χ0v) is 15.3. The van der Waals surface area contributed by atoms with E-state index in [2.05, 4.69) is 10.3 Å². The Bertz CT molecular complexity index is 777. The number of aryl methyl sites for hydroxylation is 1. The first-order valence-electron chi connectivity index (χ1n) is 7.56. The zero-order valence-electron chi connectivity index (χ0n) is 14.5. The van der Waals surface area contributed by atoms with Crippen molar-refractivity contribution in [1.29, 1.82) is 0 Å². The fourth-order valence-electron chi connectivity index (χ4n) is 2.19. The molecule has 9 heteroatoms. The van der Waals surface area contributed by atoms with Crippen molar-refractivity contribution in [3.05, 3.63) is 44.4 Å². The lowest BCUT2D eigenvalue weighted by Crippen LogP contribution is -2.39. The number of likely N-dealkylation sites (N-methyl/N-ethyl adjacent to an activating group) is 1. The maximum absolute atomic E-state index is 12.5. The van der Waals surface area contributed by atoms with Crippen molar-refractivity contribution in [2.24, 2.45) is 0 Å². The second-order valence-corrected chi connectivity index (χ2v) is 6.89. The average molecular weight is 364 g/mol. The number of rotatable bonds is 7. The molecular formula is C16H20N4O4S. The smallest absolute Gasteiger partial charge is 0.296 e. The fraction of sp³-hybridized carbons (Fsp3) is 0.375. The van der Waals surface area contributed by atoms with Crippen LogP contribution in [0, 0.1) is 17.0 Å². The standard InChI is InChI=1S/C16H20N4O4S/c1-10(19(3)9-13-8-17-11(2)25-13)16(21)18-14-6-5-12(24-4)7-15(14)20(22)23/h5-8,10H,9H2,1-4H3,(H,18,21)/t10-/m0/s1. The molecule has 0 aliphatic heterocycles. The number of carbonyl (C=O) groups excluding carboxylic acids is 1. The summed E-state index contributed by atoms with van der Waals surface area (Å²) in [6, 6.07) is 3.85. The van der Waals surface area contributed by atoms with Gasteiger partial charge in [-0.15, -0.1) is 11.3 Å². The van der Waals surface area contributed by atoms with Crippen LogP contribution < -0.4 is 10.1 Å². The van der Waals surface area contributed by atoms with Gasteiger partial charge in [0.2, 0.25) is 5.91 Å². The minimum atomic E-state index is -0.549. The number of nitro benzene ring substituents is 1. The molecule has 1 atom stereocenters. The van der Waals surface area contributed by atoms with Gasteiger partial charge in [0.1, 0.15) is 11.4 Å². The van der Waals surface area contributed by atoms with E-state index in [1.807, 2.05) is 18.9 Å². The molecule has 134 valence electrons. The molecule has 0 radical (unpaired) electrons. The van der Waals surface area contributed by atoms with E-state index in [9.17, 15) is 14.9 Å². The number of nitrogens with one attached hydrogen (secondary N) is 1. The van der Waals surface area contributed by atoms with Crippen molar-refractivity contribution in [1.82, 2.24) is 9.88 Å². The highest BCUT2D eigenvalue weighted by molar-refractivity contribution is 7.11. The Morgan fingerprint density at radius 1 is 1.52 bits per heavy atom. The van der Waals surface area contributed by atoms with E-state index in [-0.39, 0.29) is 17.3 Å². The maximum atomic E-state index is 12.5. The summed E-state index contributed by atoms with van der Waals surface area (Å²) in [6.45, 7) is 4.25. The lowest BCUT2D eigenvalue weighted by molar-refractivity contribution is -0.384. The Morgan fingerprint density at radius 3 is 2.80 bits per heavy atom. The number of amides is 1. The number of hydrogen-bond acceptors (Lipinski definition) is 7. The van der Waals surface area contributed by atoms with E-state index in [1.165, 1.54) is 19.2 Å². The highest BCUT2D eigenvalue weighted by atomic mass is 32.1. The number of anilines is 1. The van der Waals surface area contributed by atoms with Gasteiger partial charge in [0.15, 0.2) is 0 Å². The zero-order chi connectivity index (χ0) is 18.6. The molecule has 25 heavy (non-hydrogen) atoms. The van der Waals surface area contributed by atoms with Gasteiger partial charge in [-0.05, 0) is 33.0 Å². The van der Waals surface area contributed by atoms with Crippen LogP contribution >= 0.6 is 11.3 Å². The normalized spacial score (nSPS) is 12.0. The summed E-state index contributed by atoms with van der Waals surface area (Å²) in [5.41, 5.74) is -0.0645. The van der Waals surface area contributed by atoms with Crippen LogP contribution in [0.5, 0.6) is 5.75 Å². The van der Waals surface area contributed by atoms with E-state index >= 15 is 0 Å². The molecule has 0 saturated heterocycles. The van der Waals surface area contributed by atoms with E-state index < -0.39 is 11.0 Å². The first-order chi connectivity index (χ1) is 11.8. The van der Waals surface area contributed by atoms with Crippen LogP contribution in [0.2, 0.25) is 0 Å². The number of nitro groups is 1. The van der Waals surface area contributed by atoms with Crippen molar-refractivity contribution in [3.8, 4) is 5.75 Å². The Kier molecular flexibility index (Phi) is 6.05. The number of thiazole rings is 1. The van der Waals surface area contributed by atoms with Crippen molar-refractivity contribution in [2.45, 2.75) is 26.4 Å². The Hall–Kier alpha value is -2.52. The molecule has 0 bridgehead atoms. The topological polar surface area (TPSA) is 97.6 Å². The Labute approximate surface area is 149 Å². The number of aromatic nitrogens is 1. The highest BCUT2D eigenvalue weighted by Crippen LogP contribution is 2.29. The number of ether oxygens (including phenoxy) is 1. The van der Waals surface area contributed by atoms with Crippen LogP contribution in [0.4, 0.5) is 11.4 Å². The highest BCUT2D eigenvalue weighted by Gasteiger charge is 2.23. The minimum Gasteiger partial charge on any atom is -0.496 e. The van der Waals surface area contributed by atoms with E-state index in [4.69, 9.17) is 4.74 Å². The predicted molar refractivity (Wildman–Crippen MR) is 96.1 cm³/mol. The summed E-state index contributed by atoms with van der Waals surface area (Å²) in [6.07, 6.45) is 1.79. The van der Waals surface area contributed by atoms with Gasteiger partial charge in [0, 0.05) is 17.6 Å². The average Bonchev–Trinajstić information content (AvgIpc) is 2.98. The van der Waals surface area contributed by atoms with Crippen molar-refractivity contribution < 1.29 is 14.5 Å². The van der Waals surface area contributed by atoms with Gasteiger partial charge >= 0.3 is 0 Å². The number of carbonyl (C=O) groups is 1. The minimum absolute atomic E-state index is 0.143. The third-order valence-electron chi connectivity index (χ3n) is 3.77. The monoisotopic (exact) mass is 364 g/mol. The molecule has 0 unspecified atom stereocenters. The van der Waals surface area contributed by atoms with Gasteiger partial charge in [0.05, 0.1) is 29.1 Å². The number of methoxy groups -OCH3 is 1. The number of nitrogens with zero attached hydrogens (tertiary/aromatic N) is 3. The lowest BCUT2D eigenvalue weighted by Gasteiger charge is -2.23. The molecular weight excluding hydrogens is 344 g/mol. The largest absolute Gasteiger partial charge is 0.496 e. The molecule has 2 aromatic rings. The predicted octanol–water partition coefficient (Wildman–Crippen LogP) is 2.83. The molecule has 2 rings (SSSR count). The van der Waals surface area contributed by atoms with Crippen LogP contribution in [0.3, 0.4) is 0 Å². The summed E-state index contributed by atoms with van der Waals surface area (Å²) in [5.74, 6) is 0.0347. The molecule has 1 N–H and O–H groups in total. The molecule has 0 aliphatic carbocycles. The Morgan fingerprint density at radius 2 is 2.24 bits per heavy atom. The third kappa shape index (κ3) is 4.74. The summed E-state index contributed by atoms with van der Waals surface area (Å²) < 4.78 is 4.99. The lowest BCUT2D eigenvalue weighted by atomic mass is 10.2. The second-order valence-electron chi connectivity index (χ2n) is 5.57. The number of hydrogen-bond donors (Lipinski definition) is 1. The summed E-state index contributed by atoms with van der Waals surface area (Å²) >= 11 is 1.57. The van der Waals surface area contributed by atoms with Gasteiger partial charge in [-0.2, -0.15) is 0 Å². The molecule has 1 amide bonds. The van der Waals surface area contributed by atoms with Gasteiger partial charge in [0.25, 0.3) is 5.69 Å². The van der Waals surface area contributed by atoms with E-state index in [0.29, 0.717) is 12.3 Å². The molecule has 0 saturated carbocycles. The van der Waals surface area contributed by atoms with Gasteiger partial charge in [-0.1, -0.05) is 0 Å². The molecule has 0 aliphatic rings. The van der Waals surface area contributed by atoms with Crippen molar-refractivity contribution in [3.63, 3.8) is 0 Å². The van der Waals surface area contributed by atoms with Gasteiger partial charge in [-0.3, -0.25) is 19.8 Å². The van der Waals surface area contributed by atoms with Gasteiger partial charge in [-0.25, -0.2) is 4.98 Å². The van der Waals surface area contributed by atoms with Crippen molar-refractivity contribution >= 4 is 28.6 Å². The molecule has 1 aromatic heterocycles. The second kappa shape index (κ2) is 8.04. The van der Waals surface area contributed by atoms with E-state index in [0.717, 1.165) is 9.88 Å². The third-order valence-corrected chi connectivity index (χ3v) is 4.67. The van der Waals surface area contributed by atoms with Gasteiger partial charge < -0.3 is 10.1 Å². The summed E-state index contributed by atoms with van der Waals surface area (Å²) in [4.78, 5) is 30.2. The molecule has 1 heterocycles. The molecule has 0 spiro atoms. The quantitative estimate of drug-likeness (QED) is 0.599. The Balaban J connectivity index is 2.09. The van der Waals surface area contributed by atoms with E-state index in [1.54, 1.807) is 30.5 Å². The molecule has 1 aromatic carbocycles. The van der Waals surface area contributed by atoms with Crippen LogP contribution in [0.15, 0.2) is 24.4 Å². The van der Waals surface area contributed by atoms with Crippen LogP contribution in [-0.4, -0.2) is 40.9 Å².